The van der Waals surface area contributed by atoms with Crippen LogP contribution in [0.4, 0.5) is 0 Å². The number of hydrogen-bond donors (Lipinski definition) is 0. The molecule has 0 N–H and O–H groups in total. The van der Waals surface area contributed by atoms with E-state index in [1.54, 1.807) is 12.1 Å². The first-order valence-corrected chi connectivity index (χ1v) is 8.97. The van der Waals surface area contributed by atoms with Gasteiger partial charge >= 0.3 is 5.97 Å². The fourth-order valence-electron chi connectivity index (χ4n) is 2.05. The van der Waals surface area contributed by atoms with E-state index in [1.807, 2.05) is 38.1 Å². The van der Waals surface area contributed by atoms with Gasteiger partial charge in [-0.1, -0.05) is 47.5 Å². The maximum absolute atomic E-state index is 12.4. The van der Waals surface area contributed by atoms with Crippen LogP contribution in [0.3, 0.4) is 0 Å². The Balaban J connectivity index is 1.95. The second-order valence-electron chi connectivity index (χ2n) is 5.72. The van der Waals surface area contributed by atoms with E-state index in [9.17, 15) is 13.2 Å². The minimum Gasteiger partial charge on any atom is -0.460 e. The first kappa shape index (κ1) is 18.2. The van der Waals surface area contributed by atoms with Crippen molar-refractivity contribution >= 4 is 16.0 Å². The molecule has 6 heteroatoms. The minimum atomic E-state index is -3.71. The number of aryl methyl sites for hydroxylation is 2. The molecule has 0 saturated carbocycles. The Morgan fingerprint density at radius 1 is 0.958 bits per heavy atom. The number of hydrogen-bond acceptors (Lipinski definition) is 4. The van der Waals surface area contributed by atoms with Crippen molar-refractivity contribution < 1.29 is 17.9 Å². The first-order chi connectivity index (χ1) is 11.3. The highest BCUT2D eigenvalue weighted by Crippen LogP contribution is 2.15. The fourth-order valence-corrected chi connectivity index (χ4v) is 3.17. The predicted molar refractivity (Wildman–Crippen MR) is 92.0 cm³/mol. The van der Waals surface area contributed by atoms with Crippen LogP contribution < -0.4 is 0 Å². The molecule has 2 rings (SSSR count). The third-order valence-corrected chi connectivity index (χ3v) is 5.42. The number of rotatable bonds is 6. The Labute approximate surface area is 142 Å². The Bertz CT molecular complexity index is 796. The second kappa shape index (κ2) is 7.59. The zero-order valence-electron chi connectivity index (χ0n) is 14.0. The summed E-state index contributed by atoms with van der Waals surface area (Å²) in [5, 5.41) is 0. The molecule has 0 fully saturated rings. The minimum absolute atomic E-state index is 0.123. The average molecular weight is 347 g/mol. The summed E-state index contributed by atoms with van der Waals surface area (Å²) in [6.07, 6.45) is 0. The molecule has 0 bridgehead atoms. The monoisotopic (exact) mass is 347 g/mol. The maximum atomic E-state index is 12.4. The summed E-state index contributed by atoms with van der Waals surface area (Å²) < 4.78 is 31.0. The standard InChI is InChI=1S/C18H21NO4S/c1-14-4-8-16(9-5-14)13-23-18(20)12-19(3)24(21,22)17-10-6-15(2)7-11-17/h4-11H,12-13H2,1-3H3. The highest BCUT2D eigenvalue weighted by atomic mass is 32.2. The number of likely N-dealkylation sites (N-methyl/N-ethyl adjacent to an activating group) is 1. The summed E-state index contributed by atoms with van der Waals surface area (Å²) >= 11 is 0. The zero-order chi connectivity index (χ0) is 17.7. The van der Waals surface area contributed by atoms with Crippen LogP contribution >= 0.6 is 0 Å². The lowest BCUT2D eigenvalue weighted by atomic mass is 10.2. The zero-order valence-corrected chi connectivity index (χ0v) is 14.8. The molecule has 0 aliphatic rings. The maximum Gasteiger partial charge on any atom is 0.321 e. The quantitative estimate of drug-likeness (QED) is 0.754. The number of nitrogens with zero attached hydrogens (tertiary/aromatic N) is 1. The molecule has 0 amide bonds. The average Bonchev–Trinajstić information content (AvgIpc) is 2.54. The summed E-state index contributed by atoms with van der Waals surface area (Å²) in [5.74, 6) is -0.589. The Hall–Kier alpha value is -2.18. The van der Waals surface area contributed by atoms with Crippen molar-refractivity contribution in [3.05, 3.63) is 65.2 Å². The van der Waals surface area contributed by atoms with Gasteiger partial charge in [0.15, 0.2) is 0 Å². The van der Waals surface area contributed by atoms with Crippen molar-refractivity contribution in [1.82, 2.24) is 4.31 Å². The van der Waals surface area contributed by atoms with Gasteiger partial charge in [0.1, 0.15) is 13.2 Å². The van der Waals surface area contributed by atoms with E-state index >= 15 is 0 Å². The van der Waals surface area contributed by atoms with Crippen molar-refractivity contribution in [3.8, 4) is 0 Å². The molecule has 0 spiro atoms. The molecule has 0 unspecified atom stereocenters. The van der Waals surface area contributed by atoms with E-state index in [1.165, 1.54) is 19.2 Å². The molecule has 128 valence electrons. The fraction of sp³-hybridized carbons (Fsp3) is 0.278. The van der Waals surface area contributed by atoms with E-state index in [0.29, 0.717) is 0 Å². The number of carbonyl (C=O) groups excluding carboxylic acids is 1. The van der Waals surface area contributed by atoms with Gasteiger partial charge in [0.05, 0.1) is 4.90 Å². The van der Waals surface area contributed by atoms with Crippen molar-refractivity contribution in [1.29, 1.82) is 0 Å². The largest absolute Gasteiger partial charge is 0.460 e. The van der Waals surface area contributed by atoms with E-state index < -0.39 is 16.0 Å². The lowest BCUT2D eigenvalue weighted by Gasteiger charge is -2.16. The molecular weight excluding hydrogens is 326 g/mol. The predicted octanol–water partition coefficient (Wildman–Crippen LogP) is 2.67. The number of ether oxygens (including phenoxy) is 1. The Kier molecular flexibility index (Phi) is 5.75. The number of sulfonamides is 1. The molecule has 5 nitrogen and oxygen atoms in total. The Morgan fingerprint density at radius 2 is 1.46 bits per heavy atom. The van der Waals surface area contributed by atoms with Crippen molar-refractivity contribution in [3.63, 3.8) is 0 Å². The van der Waals surface area contributed by atoms with Gasteiger partial charge in [0.25, 0.3) is 0 Å². The highest BCUT2D eigenvalue weighted by Gasteiger charge is 2.23. The van der Waals surface area contributed by atoms with E-state index in [-0.39, 0.29) is 18.0 Å². The van der Waals surface area contributed by atoms with Crippen molar-refractivity contribution in [2.24, 2.45) is 0 Å². The summed E-state index contributed by atoms with van der Waals surface area (Å²) in [4.78, 5) is 12.1. The van der Waals surface area contributed by atoms with E-state index in [4.69, 9.17) is 4.74 Å². The van der Waals surface area contributed by atoms with Crippen LogP contribution in [0, 0.1) is 13.8 Å². The lowest BCUT2D eigenvalue weighted by Crippen LogP contribution is -2.33. The van der Waals surface area contributed by atoms with Gasteiger partial charge < -0.3 is 4.74 Å². The second-order valence-corrected chi connectivity index (χ2v) is 7.77. The van der Waals surface area contributed by atoms with Crippen molar-refractivity contribution in [2.75, 3.05) is 13.6 Å². The molecule has 0 aliphatic heterocycles. The van der Waals surface area contributed by atoms with Gasteiger partial charge in [0.2, 0.25) is 10.0 Å². The molecule has 2 aromatic rings. The molecule has 0 aromatic heterocycles. The number of benzene rings is 2. The van der Waals surface area contributed by atoms with Gasteiger partial charge in [-0.3, -0.25) is 4.79 Å². The van der Waals surface area contributed by atoms with Gasteiger partial charge in [-0.2, -0.15) is 4.31 Å². The highest BCUT2D eigenvalue weighted by molar-refractivity contribution is 7.89. The van der Waals surface area contributed by atoms with Gasteiger partial charge in [-0.25, -0.2) is 8.42 Å². The molecule has 0 radical (unpaired) electrons. The number of carbonyl (C=O) groups is 1. The smallest absolute Gasteiger partial charge is 0.321 e. The lowest BCUT2D eigenvalue weighted by molar-refractivity contribution is -0.144. The summed E-state index contributed by atoms with van der Waals surface area (Å²) in [7, 11) is -2.34. The Morgan fingerprint density at radius 3 is 2.00 bits per heavy atom. The summed E-state index contributed by atoms with van der Waals surface area (Å²) in [5.41, 5.74) is 2.95. The number of esters is 1. The third kappa shape index (κ3) is 4.66. The van der Waals surface area contributed by atoms with Crippen molar-refractivity contribution in [2.45, 2.75) is 25.3 Å². The molecule has 0 saturated heterocycles. The van der Waals surface area contributed by atoms with Crippen LogP contribution in [0.1, 0.15) is 16.7 Å². The van der Waals surface area contributed by atoms with Crippen LogP contribution in [0.5, 0.6) is 0 Å². The molecule has 24 heavy (non-hydrogen) atoms. The molecule has 2 aromatic carbocycles. The topological polar surface area (TPSA) is 63.7 Å². The van der Waals surface area contributed by atoms with Gasteiger partial charge in [-0.15, -0.1) is 0 Å². The normalized spacial score (nSPS) is 11.5. The summed E-state index contributed by atoms with van der Waals surface area (Å²) in [6, 6.07) is 14.1. The molecule has 0 heterocycles. The SMILES string of the molecule is Cc1ccc(COC(=O)CN(C)S(=O)(=O)c2ccc(C)cc2)cc1. The third-order valence-electron chi connectivity index (χ3n) is 3.60. The molecule has 0 atom stereocenters. The summed E-state index contributed by atoms with van der Waals surface area (Å²) in [6.45, 7) is 3.64. The van der Waals surface area contributed by atoms with Gasteiger partial charge in [-0.05, 0) is 31.5 Å². The van der Waals surface area contributed by atoms with Crippen LogP contribution in [-0.4, -0.2) is 32.3 Å². The molecule has 0 aliphatic carbocycles. The van der Waals surface area contributed by atoms with Crippen LogP contribution in [-0.2, 0) is 26.2 Å². The van der Waals surface area contributed by atoms with E-state index in [0.717, 1.165) is 21.0 Å². The van der Waals surface area contributed by atoms with Crippen LogP contribution in [0.2, 0.25) is 0 Å². The van der Waals surface area contributed by atoms with E-state index in [2.05, 4.69) is 0 Å². The van der Waals surface area contributed by atoms with Crippen LogP contribution in [0.25, 0.3) is 0 Å². The van der Waals surface area contributed by atoms with Crippen LogP contribution in [0.15, 0.2) is 53.4 Å². The van der Waals surface area contributed by atoms with Gasteiger partial charge in [0, 0.05) is 7.05 Å². The molecular formula is C18H21NO4S. The first-order valence-electron chi connectivity index (χ1n) is 7.53.